The Morgan fingerprint density at radius 3 is 2.44 bits per heavy atom. The normalized spacial score (nSPS) is 11.0. The summed E-state index contributed by atoms with van der Waals surface area (Å²) < 4.78 is 1.61. The molecule has 0 aliphatic heterocycles. The van der Waals surface area contributed by atoms with Gasteiger partial charge in [-0.15, -0.1) is 0 Å². The second-order valence-electron chi connectivity index (χ2n) is 7.98. The molecule has 0 atom stereocenters. The molecule has 4 rings (SSSR count). The van der Waals surface area contributed by atoms with Crippen LogP contribution < -0.4 is 10.9 Å². The molecule has 0 radical (unpaired) electrons. The highest BCUT2D eigenvalue weighted by atomic mass is 32.2. The highest BCUT2D eigenvalue weighted by Gasteiger charge is 2.16. The van der Waals surface area contributed by atoms with E-state index in [1.165, 1.54) is 11.8 Å². The first-order chi connectivity index (χ1) is 15.3. The Morgan fingerprint density at radius 2 is 1.69 bits per heavy atom. The van der Waals surface area contributed by atoms with Crippen molar-refractivity contribution in [2.24, 2.45) is 0 Å². The van der Waals surface area contributed by atoms with Crippen molar-refractivity contribution in [3.05, 3.63) is 93.3 Å². The zero-order chi connectivity index (χ0) is 22.8. The van der Waals surface area contributed by atoms with Gasteiger partial charge in [-0.3, -0.25) is 14.2 Å². The quantitative estimate of drug-likeness (QED) is 0.334. The molecule has 0 bridgehead atoms. The summed E-state index contributed by atoms with van der Waals surface area (Å²) in [7, 11) is 0. The molecular weight excluding hydrogens is 418 g/mol. The summed E-state index contributed by atoms with van der Waals surface area (Å²) in [5.74, 6) is 0.00116. The number of amides is 1. The summed E-state index contributed by atoms with van der Waals surface area (Å²) >= 11 is 1.26. The molecule has 1 N–H and O–H groups in total. The molecule has 0 unspecified atom stereocenters. The molecule has 0 spiro atoms. The molecule has 5 nitrogen and oxygen atoms in total. The number of aromatic nitrogens is 2. The number of thioether (sulfide) groups is 1. The standard InChI is InChI=1S/C26H25N3O2S/c1-16-12-17(2)14-20(13-16)29-25(31)21-9-5-6-10-23(21)28-26(29)32-15-24(30)27-22-11-7-8-18(3)19(22)4/h5-14H,15H2,1-4H3,(H,27,30). The Labute approximate surface area is 191 Å². The summed E-state index contributed by atoms with van der Waals surface area (Å²) in [4.78, 5) is 30.8. The van der Waals surface area contributed by atoms with Crippen LogP contribution in [0.25, 0.3) is 16.6 Å². The van der Waals surface area contributed by atoms with Gasteiger partial charge in [0.05, 0.1) is 22.3 Å². The molecule has 0 saturated carbocycles. The van der Waals surface area contributed by atoms with Crippen LogP contribution in [0.2, 0.25) is 0 Å². The van der Waals surface area contributed by atoms with E-state index in [0.29, 0.717) is 16.1 Å². The van der Waals surface area contributed by atoms with Gasteiger partial charge in [0.15, 0.2) is 5.16 Å². The van der Waals surface area contributed by atoms with Gasteiger partial charge in [-0.2, -0.15) is 0 Å². The predicted octanol–water partition coefficient (Wildman–Crippen LogP) is 5.35. The highest BCUT2D eigenvalue weighted by molar-refractivity contribution is 7.99. The topological polar surface area (TPSA) is 64.0 Å². The molecule has 1 amide bonds. The molecule has 4 aromatic rings. The fourth-order valence-corrected chi connectivity index (χ4v) is 4.53. The third kappa shape index (κ3) is 4.46. The van der Waals surface area contributed by atoms with Gasteiger partial charge in [-0.05, 0) is 80.3 Å². The average Bonchev–Trinajstić information content (AvgIpc) is 2.75. The van der Waals surface area contributed by atoms with Crippen LogP contribution >= 0.6 is 11.8 Å². The fourth-order valence-electron chi connectivity index (χ4n) is 3.72. The molecule has 162 valence electrons. The SMILES string of the molecule is Cc1cc(C)cc(-n2c(SCC(=O)Nc3cccc(C)c3C)nc3ccccc3c2=O)c1. The molecule has 1 heterocycles. The maximum Gasteiger partial charge on any atom is 0.266 e. The molecule has 0 fully saturated rings. The van der Waals surface area contributed by atoms with Crippen LogP contribution in [0.1, 0.15) is 22.3 Å². The lowest BCUT2D eigenvalue weighted by Gasteiger charge is -2.15. The van der Waals surface area contributed by atoms with Crippen LogP contribution in [0.4, 0.5) is 5.69 Å². The third-order valence-corrected chi connectivity index (χ3v) is 6.36. The lowest BCUT2D eigenvalue weighted by atomic mass is 10.1. The summed E-state index contributed by atoms with van der Waals surface area (Å²) in [5, 5.41) is 4.02. The summed E-state index contributed by atoms with van der Waals surface area (Å²) in [6, 6.07) is 19.1. The van der Waals surface area contributed by atoms with Crippen molar-refractivity contribution in [2.45, 2.75) is 32.9 Å². The van der Waals surface area contributed by atoms with E-state index < -0.39 is 0 Å². The van der Waals surface area contributed by atoms with E-state index in [1.807, 2.05) is 76.2 Å². The van der Waals surface area contributed by atoms with Crippen LogP contribution in [-0.2, 0) is 4.79 Å². The van der Waals surface area contributed by atoms with Gasteiger partial charge in [-0.25, -0.2) is 4.98 Å². The number of para-hydroxylation sites is 1. The Kier molecular flexibility index (Phi) is 6.15. The van der Waals surface area contributed by atoms with Crippen molar-refractivity contribution >= 4 is 34.3 Å². The minimum Gasteiger partial charge on any atom is -0.325 e. The number of fused-ring (bicyclic) bond motifs is 1. The van der Waals surface area contributed by atoms with Crippen molar-refractivity contribution in [1.29, 1.82) is 0 Å². The number of nitrogens with one attached hydrogen (secondary N) is 1. The first kappa shape index (κ1) is 21.8. The zero-order valence-corrected chi connectivity index (χ0v) is 19.4. The average molecular weight is 444 g/mol. The summed E-state index contributed by atoms with van der Waals surface area (Å²) in [6.45, 7) is 8.00. The number of carbonyl (C=O) groups is 1. The van der Waals surface area contributed by atoms with Gasteiger partial charge in [-0.1, -0.05) is 42.1 Å². The summed E-state index contributed by atoms with van der Waals surface area (Å²) in [5.41, 5.74) is 6.31. The Morgan fingerprint density at radius 1 is 0.969 bits per heavy atom. The van der Waals surface area contributed by atoms with Gasteiger partial charge in [0.2, 0.25) is 5.91 Å². The van der Waals surface area contributed by atoms with Crippen molar-refractivity contribution in [1.82, 2.24) is 9.55 Å². The largest absolute Gasteiger partial charge is 0.325 e. The summed E-state index contributed by atoms with van der Waals surface area (Å²) in [6.07, 6.45) is 0. The lowest BCUT2D eigenvalue weighted by Crippen LogP contribution is -2.23. The molecule has 3 aromatic carbocycles. The van der Waals surface area contributed by atoms with E-state index in [4.69, 9.17) is 4.98 Å². The molecule has 0 saturated heterocycles. The van der Waals surface area contributed by atoms with Crippen LogP contribution in [0.5, 0.6) is 0 Å². The number of rotatable bonds is 5. The molecule has 32 heavy (non-hydrogen) atoms. The van der Waals surface area contributed by atoms with Crippen molar-refractivity contribution in [3.8, 4) is 5.69 Å². The molecule has 0 aliphatic carbocycles. The van der Waals surface area contributed by atoms with Crippen molar-refractivity contribution in [3.63, 3.8) is 0 Å². The maximum absolute atomic E-state index is 13.4. The number of anilines is 1. The highest BCUT2D eigenvalue weighted by Crippen LogP contribution is 2.24. The number of hydrogen-bond donors (Lipinski definition) is 1. The zero-order valence-electron chi connectivity index (χ0n) is 18.6. The number of hydrogen-bond acceptors (Lipinski definition) is 4. The molecule has 6 heteroatoms. The number of aryl methyl sites for hydroxylation is 3. The second kappa shape index (κ2) is 9.01. The van der Waals surface area contributed by atoms with Gasteiger partial charge < -0.3 is 5.32 Å². The van der Waals surface area contributed by atoms with Gasteiger partial charge in [0.25, 0.3) is 5.56 Å². The number of benzene rings is 3. The van der Waals surface area contributed by atoms with Gasteiger partial charge in [0, 0.05) is 5.69 Å². The van der Waals surface area contributed by atoms with E-state index in [-0.39, 0.29) is 17.2 Å². The first-order valence-corrected chi connectivity index (χ1v) is 11.4. The smallest absolute Gasteiger partial charge is 0.266 e. The Balaban J connectivity index is 1.70. The minimum atomic E-state index is -0.141. The van der Waals surface area contributed by atoms with E-state index >= 15 is 0 Å². The van der Waals surface area contributed by atoms with Crippen LogP contribution in [0.15, 0.2) is 70.6 Å². The van der Waals surface area contributed by atoms with E-state index in [2.05, 4.69) is 11.4 Å². The maximum atomic E-state index is 13.4. The van der Waals surface area contributed by atoms with E-state index in [1.54, 1.807) is 10.6 Å². The van der Waals surface area contributed by atoms with Crippen molar-refractivity contribution in [2.75, 3.05) is 11.1 Å². The van der Waals surface area contributed by atoms with E-state index in [9.17, 15) is 9.59 Å². The number of nitrogens with zero attached hydrogens (tertiary/aromatic N) is 2. The van der Waals surface area contributed by atoms with Crippen LogP contribution in [0, 0.1) is 27.7 Å². The molecule has 0 aliphatic rings. The molecular formula is C26H25N3O2S. The van der Waals surface area contributed by atoms with Gasteiger partial charge >= 0.3 is 0 Å². The number of carbonyl (C=O) groups excluding carboxylic acids is 1. The fraction of sp³-hybridized carbons (Fsp3) is 0.192. The van der Waals surface area contributed by atoms with E-state index in [0.717, 1.165) is 33.6 Å². The van der Waals surface area contributed by atoms with Crippen LogP contribution in [0.3, 0.4) is 0 Å². The van der Waals surface area contributed by atoms with Crippen molar-refractivity contribution < 1.29 is 4.79 Å². The Hall–Kier alpha value is -3.38. The van der Waals surface area contributed by atoms with Crippen LogP contribution in [-0.4, -0.2) is 21.2 Å². The second-order valence-corrected chi connectivity index (χ2v) is 8.92. The third-order valence-electron chi connectivity index (χ3n) is 5.42. The molecule has 1 aromatic heterocycles. The minimum absolute atomic E-state index is 0.141. The predicted molar refractivity (Wildman–Crippen MR) is 132 cm³/mol. The lowest BCUT2D eigenvalue weighted by molar-refractivity contribution is -0.113. The Bertz CT molecular complexity index is 1370. The monoisotopic (exact) mass is 443 g/mol. The van der Waals surface area contributed by atoms with Gasteiger partial charge in [0.1, 0.15) is 0 Å². The first-order valence-electron chi connectivity index (χ1n) is 10.4.